The van der Waals surface area contributed by atoms with Gasteiger partial charge in [0.05, 0.1) is 0 Å². The van der Waals surface area contributed by atoms with Gasteiger partial charge in [0.1, 0.15) is 12.1 Å². The Labute approximate surface area is 72.3 Å². The SMILES string of the molecule is N[C@@H]1C(=O)O[C@@H]2CCCCC[C@@H]12. The molecule has 0 bridgehead atoms. The molecule has 2 rings (SSSR count). The van der Waals surface area contributed by atoms with E-state index in [0.29, 0.717) is 5.92 Å². The van der Waals surface area contributed by atoms with Gasteiger partial charge in [-0.2, -0.15) is 0 Å². The van der Waals surface area contributed by atoms with Crippen molar-refractivity contribution in [2.75, 3.05) is 0 Å². The van der Waals surface area contributed by atoms with Gasteiger partial charge in [0.15, 0.2) is 0 Å². The van der Waals surface area contributed by atoms with Crippen molar-refractivity contribution >= 4 is 5.97 Å². The average molecular weight is 169 g/mol. The molecule has 0 aromatic carbocycles. The molecule has 2 fully saturated rings. The van der Waals surface area contributed by atoms with Crippen LogP contribution in [0.5, 0.6) is 0 Å². The molecule has 12 heavy (non-hydrogen) atoms. The average Bonchev–Trinajstić information content (AvgIpc) is 2.30. The molecule has 1 saturated heterocycles. The van der Waals surface area contributed by atoms with Crippen LogP contribution in [0.4, 0.5) is 0 Å². The Bertz CT molecular complexity index is 193. The predicted molar refractivity (Wildman–Crippen MR) is 44.4 cm³/mol. The molecule has 0 aromatic heterocycles. The van der Waals surface area contributed by atoms with Crippen LogP contribution in [0, 0.1) is 5.92 Å². The number of nitrogens with two attached hydrogens (primary N) is 1. The van der Waals surface area contributed by atoms with E-state index in [4.69, 9.17) is 10.5 Å². The molecule has 68 valence electrons. The lowest BCUT2D eigenvalue weighted by molar-refractivity contribution is -0.142. The van der Waals surface area contributed by atoms with E-state index >= 15 is 0 Å². The maximum absolute atomic E-state index is 11.1. The summed E-state index contributed by atoms with van der Waals surface area (Å²) in [6, 6.07) is -0.340. The maximum Gasteiger partial charge on any atom is 0.323 e. The fourth-order valence-corrected chi connectivity index (χ4v) is 2.26. The number of rotatable bonds is 0. The summed E-state index contributed by atoms with van der Waals surface area (Å²) in [5.41, 5.74) is 5.73. The van der Waals surface area contributed by atoms with Gasteiger partial charge >= 0.3 is 5.97 Å². The van der Waals surface area contributed by atoms with Crippen molar-refractivity contribution in [1.82, 2.24) is 0 Å². The van der Waals surface area contributed by atoms with Gasteiger partial charge in [-0.05, 0) is 19.3 Å². The van der Waals surface area contributed by atoms with Crippen LogP contribution in [0.15, 0.2) is 0 Å². The normalized spacial score (nSPS) is 41.8. The van der Waals surface area contributed by atoms with E-state index in [9.17, 15) is 4.79 Å². The first-order chi connectivity index (χ1) is 5.79. The third-order valence-corrected chi connectivity index (χ3v) is 3.00. The highest BCUT2D eigenvalue weighted by Crippen LogP contribution is 2.32. The van der Waals surface area contributed by atoms with E-state index in [1.54, 1.807) is 0 Å². The first kappa shape index (κ1) is 8.05. The summed E-state index contributed by atoms with van der Waals surface area (Å²) < 4.78 is 5.19. The van der Waals surface area contributed by atoms with Gasteiger partial charge in [-0.1, -0.05) is 12.8 Å². The van der Waals surface area contributed by atoms with Gasteiger partial charge in [-0.25, -0.2) is 0 Å². The van der Waals surface area contributed by atoms with Gasteiger partial charge < -0.3 is 10.5 Å². The zero-order chi connectivity index (χ0) is 8.55. The van der Waals surface area contributed by atoms with Gasteiger partial charge in [-0.15, -0.1) is 0 Å². The first-order valence-corrected chi connectivity index (χ1v) is 4.75. The summed E-state index contributed by atoms with van der Waals surface area (Å²) in [5.74, 6) is 0.118. The minimum absolute atomic E-state index is 0.134. The molecule has 1 saturated carbocycles. The van der Waals surface area contributed by atoms with Gasteiger partial charge in [0.25, 0.3) is 0 Å². The van der Waals surface area contributed by atoms with Crippen LogP contribution in [0.2, 0.25) is 0 Å². The Kier molecular flexibility index (Phi) is 2.05. The number of carbonyl (C=O) groups is 1. The molecule has 3 nitrogen and oxygen atoms in total. The lowest BCUT2D eigenvalue weighted by Gasteiger charge is -2.14. The van der Waals surface area contributed by atoms with Gasteiger partial charge in [0.2, 0.25) is 0 Å². The summed E-state index contributed by atoms with van der Waals surface area (Å²) in [5, 5.41) is 0. The zero-order valence-corrected chi connectivity index (χ0v) is 7.16. The highest BCUT2D eigenvalue weighted by molar-refractivity contribution is 5.78. The molecule has 1 aliphatic heterocycles. The third kappa shape index (κ3) is 1.22. The van der Waals surface area contributed by atoms with Crippen LogP contribution in [-0.2, 0) is 9.53 Å². The van der Waals surface area contributed by atoms with Gasteiger partial charge in [0, 0.05) is 5.92 Å². The van der Waals surface area contributed by atoms with Crippen molar-refractivity contribution in [2.24, 2.45) is 11.7 Å². The van der Waals surface area contributed by atoms with Crippen LogP contribution in [-0.4, -0.2) is 18.1 Å². The molecule has 0 amide bonds. The van der Waals surface area contributed by atoms with Crippen molar-refractivity contribution in [3.05, 3.63) is 0 Å². The summed E-state index contributed by atoms with van der Waals surface area (Å²) in [6.07, 6.45) is 5.86. The monoisotopic (exact) mass is 169 g/mol. The highest BCUT2D eigenvalue weighted by Gasteiger charge is 2.42. The maximum atomic E-state index is 11.1. The summed E-state index contributed by atoms with van der Waals surface area (Å²) >= 11 is 0. The topological polar surface area (TPSA) is 52.3 Å². The Balaban J connectivity index is 2.09. The van der Waals surface area contributed by atoms with Crippen molar-refractivity contribution in [3.63, 3.8) is 0 Å². The predicted octanol–water partition coefficient (Wildman–Crippen LogP) is 0.819. The molecule has 0 radical (unpaired) electrons. The fourth-order valence-electron chi connectivity index (χ4n) is 2.26. The molecule has 1 aliphatic carbocycles. The second-order valence-electron chi connectivity index (χ2n) is 3.80. The van der Waals surface area contributed by atoms with Crippen molar-refractivity contribution < 1.29 is 9.53 Å². The Morgan fingerprint density at radius 1 is 1.25 bits per heavy atom. The van der Waals surface area contributed by atoms with E-state index in [1.807, 2.05) is 0 Å². The fraction of sp³-hybridized carbons (Fsp3) is 0.889. The number of esters is 1. The van der Waals surface area contributed by atoms with Crippen LogP contribution in [0.3, 0.4) is 0 Å². The molecule has 1 heterocycles. The van der Waals surface area contributed by atoms with E-state index in [2.05, 4.69) is 0 Å². The number of hydrogen-bond donors (Lipinski definition) is 1. The first-order valence-electron chi connectivity index (χ1n) is 4.75. The standard InChI is InChI=1S/C9H15NO2/c10-8-6-4-2-1-3-5-7(6)12-9(8)11/h6-8H,1-5,10H2/t6-,7-,8+/m1/s1. The summed E-state index contributed by atoms with van der Waals surface area (Å²) in [4.78, 5) is 11.1. The Morgan fingerprint density at radius 2 is 2.00 bits per heavy atom. The van der Waals surface area contributed by atoms with Crippen LogP contribution < -0.4 is 5.73 Å². The molecule has 0 spiro atoms. The molecule has 2 aliphatic rings. The number of carbonyl (C=O) groups excluding carboxylic acids is 1. The zero-order valence-electron chi connectivity index (χ0n) is 7.16. The molecule has 3 heteroatoms. The molecule has 0 aromatic rings. The molecular weight excluding hydrogens is 154 g/mol. The van der Waals surface area contributed by atoms with Crippen molar-refractivity contribution in [3.8, 4) is 0 Å². The van der Waals surface area contributed by atoms with Crippen LogP contribution >= 0.6 is 0 Å². The Hall–Kier alpha value is -0.570. The molecule has 3 atom stereocenters. The minimum Gasteiger partial charge on any atom is -0.461 e. The van der Waals surface area contributed by atoms with E-state index in [-0.39, 0.29) is 18.1 Å². The van der Waals surface area contributed by atoms with Crippen LogP contribution in [0.25, 0.3) is 0 Å². The lowest BCUT2D eigenvalue weighted by atomic mass is 9.93. The third-order valence-electron chi connectivity index (χ3n) is 3.00. The van der Waals surface area contributed by atoms with E-state index in [1.165, 1.54) is 19.3 Å². The molecule has 0 unspecified atom stereocenters. The number of ether oxygens (including phenoxy) is 1. The molecular formula is C9H15NO2. The smallest absolute Gasteiger partial charge is 0.323 e. The number of fused-ring (bicyclic) bond motifs is 1. The highest BCUT2D eigenvalue weighted by atomic mass is 16.6. The molecule has 2 N–H and O–H groups in total. The van der Waals surface area contributed by atoms with E-state index in [0.717, 1.165) is 12.8 Å². The van der Waals surface area contributed by atoms with Crippen molar-refractivity contribution in [1.29, 1.82) is 0 Å². The second-order valence-corrected chi connectivity index (χ2v) is 3.80. The minimum atomic E-state index is -0.340. The van der Waals surface area contributed by atoms with Crippen LogP contribution in [0.1, 0.15) is 32.1 Å². The quantitative estimate of drug-likeness (QED) is 0.546. The number of hydrogen-bond acceptors (Lipinski definition) is 3. The van der Waals surface area contributed by atoms with E-state index < -0.39 is 0 Å². The summed E-state index contributed by atoms with van der Waals surface area (Å²) in [7, 11) is 0. The Morgan fingerprint density at radius 3 is 2.83 bits per heavy atom. The van der Waals surface area contributed by atoms with Crippen molar-refractivity contribution in [2.45, 2.75) is 44.2 Å². The summed E-state index contributed by atoms with van der Waals surface area (Å²) in [6.45, 7) is 0. The lowest BCUT2D eigenvalue weighted by Crippen LogP contribution is -2.33. The van der Waals surface area contributed by atoms with Gasteiger partial charge in [-0.3, -0.25) is 4.79 Å². The largest absolute Gasteiger partial charge is 0.461 e. The second kappa shape index (κ2) is 3.05.